The molecule has 24 heavy (non-hydrogen) atoms. The highest BCUT2D eigenvalue weighted by atomic mass is 35.5. The zero-order valence-electron chi connectivity index (χ0n) is 14.5. The van der Waals surface area contributed by atoms with Crippen molar-refractivity contribution in [2.24, 2.45) is 5.92 Å². The largest absolute Gasteiger partial charge is 0.326 e. The van der Waals surface area contributed by atoms with E-state index in [-0.39, 0.29) is 5.91 Å². The molecule has 1 N–H and O–H groups in total. The van der Waals surface area contributed by atoms with Crippen LogP contribution in [-0.2, 0) is 17.8 Å². The van der Waals surface area contributed by atoms with Crippen LogP contribution in [0.5, 0.6) is 0 Å². The maximum Gasteiger partial charge on any atom is 0.224 e. The van der Waals surface area contributed by atoms with Gasteiger partial charge in [0.25, 0.3) is 0 Å². The summed E-state index contributed by atoms with van der Waals surface area (Å²) >= 11 is 11.9. The summed E-state index contributed by atoms with van der Waals surface area (Å²) < 4.78 is 2.03. The number of benzene rings is 1. The second kappa shape index (κ2) is 8.04. The van der Waals surface area contributed by atoms with Crippen LogP contribution in [-0.4, -0.2) is 15.7 Å². The summed E-state index contributed by atoms with van der Waals surface area (Å²) in [5, 5.41) is 8.42. The molecule has 0 saturated carbocycles. The van der Waals surface area contributed by atoms with Gasteiger partial charge >= 0.3 is 0 Å². The number of amides is 1. The third kappa shape index (κ3) is 4.99. The third-order valence-electron chi connectivity index (χ3n) is 3.82. The Kier molecular flexibility index (Phi) is 6.30. The van der Waals surface area contributed by atoms with Gasteiger partial charge in [0.2, 0.25) is 5.91 Å². The van der Waals surface area contributed by atoms with E-state index in [0.717, 1.165) is 23.5 Å². The lowest BCUT2D eigenvalue weighted by atomic mass is 10.1. The molecule has 1 aromatic heterocycles. The van der Waals surface area contributed by atoms with Crippen molar-refractivity contribution in [3.63, 3.8) is 0 Å². The third-order valence-corrected chi connectivity index (χ3v) is 4.25. The van der Waals surface area contributed by atoms with E-state index in [4.69, 9.17) is 23.2 Å². The van der Waals surface area contributed by atoms with Crippen molar-refractivity contribution in [2.45, 2.75) is 47.1 Å². The molecule has 2 rings (SSSR count). The molecule has 6 heteroatoms. The summed E-state index contributed by atoms with van der Waals surface area (Å²) in [5.41, 5.74) is 3.89. The highest BCUT2D eigenvalue weighted by Gasteiger charge is 2.14. The van der Waals surface area contributed by atoms with Crippen LogP contribution < -0.4 is 5.32 Å². The fraction of sp³-hybridized carbons (Fsp3) is 0.444. The second-order valence-corrected chi connectivity index (χ2v) is 7.30. The number of hydrogen-bond donors (Lipinski definition) is 1. The minimum atomic E-state index is -0.0660. The van der Waals surface area contributed by atoms with Crippen LogP contribution >= 0.6 is 23.2 Å². The minimum absolute atomic E-state index is 0.0660. The maximum absolute atomic E-state index is 12.2. The first-order valence-electron chi connectivity index (χ1n) is 8.05. The quantitative estimate of drug-likeness (QED) is 0.777. The smallest absolute Gasteiger partial charge is 0.224 e. The zero-order chi connectivity index (χ0) is 17.9. The van der Waals surface area contributed by atoms with Gasteiger partial charge in [-0.15, -0.1) is 0 Å². The molecule has 2 aromatic rings. The summed E-state index contributed by atoms with van der Waals surface area (Å²) in [7, 11) is 0. The molecule has 0 fully saturated rings. The van der Waals surface area contributed by atoms with Gasteiger partial charge in [-0.3, -0.25) is 9.48 Å². The molecule has 1 heterocycles. The topological polar surface area (TPSA) is 46.9 Å². The number of carbonyl (C=O) groups excluding carboxylic acids is 1. The fourth-order valence-electron chi connectivity index (χ4n) is 2.71. The Morgan fingerprint density at radius 3 is 2.42 bits per heavy atom. The van der Waals surface area contributed by atoms with Crippen molar-refractivity contribution < 1.29 is 4.79 Å². The summed E-state index contributed by atoms with van der Waals surface area (Å²) in [6.07, 6.45) is 1.05. The van der Waals surface area contributed by atoms with E-state index < -0.39 is 0 Å². The Hall–Kier alpha value is -1.52. The minimum Gasteiger partial charge on any atom is -0.326 e. The van der Waals surface area contributed by atoms with E-state index in [2.05, 4.69) is 31.2 Å². The first kappa shape index (κ1) is 18.8. The SMILES string of the molecule is Cc1nn(CC(C)C)c(C)c1CCC(=O)Nc1cc(Cl)cc(Cl)c1. The Morgan fingerprint density at radius 2 is 1.83 bits per heavy atom. The van der Waals surface area contributed by atoms with Gasteiger partial charge in [-0.1, -0.05) is 37.0 Å². The standard InChI is InChI=1S/C18H23Cl2N3O/c1-11(2)10-23-13(4)17(12(3)22-23)5-6-18(24)21-16-8-14(19)7-15(20)9-16/h7-9,11H,5-6,10H2,1-4H3,(H,21,24). The van der Waals surface area contributed by atoms with Crippen molar-refractivity contribution >= 4 is 34.8 Å². The van der Waals surface area contributed by atoms with Gasteiger partial charge in [0.05, 0.1) is 5.69 Å². The van der Waals surface area contributed by atoms with E-state index in [0.29, 0.717) is 34.5 Å². The van der Waals surface area contributed by atoms with Gasteiger partial charge in [0.15, 0.2) is 0 Å². The summed E-state index contributed by atoms with van der Waals surface area (Å²) in [6.45, 7) is 9.28. The van der Waals surface area contributed by atoms with Gasteiger partial charge in [-0.25, -0.2) is 0 Å². The Labute approximate surface area is 153 Å². The molecule has 130 valence electrons. The van der Waals surface area contributed by atoms with Crippen LogP contribution in [0.15, 0.2) is 18.2 Å². The lowest BCUT2D eigenvalue weighted by molar-refractivity contribution is -0.116. The number of carbonyl (C=O) groups is 1. The molecule has 0 spiro atoms. The van der Waals surface area contributed by atoms with E-state index >= 15 is 0 Å². The molecule has 0 saturated heterocycles. The Balaban J connectivity index is 2.00. The van der Waals surface area contributed by atoms with Crippen LogP contribution in [0, 0.1) is 19.8 Å². The molecular formula is C18H23Cl2N3O. The van der Waals surface area contributed by atoms with E-state index in [1.165, 1.54) is 0 Å². The van der Waals surface area contributed by atoms with Crippen LogP contribution in [0.1, 0.15) is 37.2 Å². The molecule has 1 aromatic carbocycles. The maximum atomic E-state index is 12.2. The number of nitrogens with zero attached hydrogens (tertiary/aromatic N) is 2. The highest BCUT2D eigenvalue weighted by molar-refractivity contribution is 6.35. The van der Waals surface area contributed by atoms with Crippen LogP contribution in [0.25, 0.3) is 0 Å². The predicted octanol–water partition coefficient (Wildman–Crippen LogP) is 5.03. The number of aromatic nitrogens is 2. The van der Waals surface area contributed by atoms with Crippen molar-refractivity contribution in [1.82, 2.24) is 9.78 Å². The van der Waals surface area contributed by atoms with E-state index in [9.17, 15) is 4.79 Å². The van der Waals surface area contributed by atoms with Crippen molar-refractivity contribution in [1.29, 1.82) is 0 Å². The monoisotopic (exact) mass is 367 g/mol. The van der Waals surface area contributed by atoms with Gasteiger partial charge in [0, 0.05) is 34.4 Å². The molecule has 0 aliphatic rings. The molecule has 1 amide bonds. The average Bonchev–Trinajstić information content (AvgIpc) is 2.69. The van der Waals surface area contributed by atoms with Gasteiger partial charge in [0.1, 0.15) is 0 Å². The van der Waals surface area contributed by atoms with Crippen molar-refractivity contribution in [3.05, 3.63) is 45.2 Å². The summed E-state index contributed by atoms with van der Waals surface area (Å²) in [4.78, 5) is 12.2. The molecule has 0 radical (unpaired) electrons. The van der Waals surface area contributed by atoms with Crippen LogP contribution in [0.3, 0.4) is 0 Å². The zero-order valence-corrected chi connectivity index (χ0v) is 16.0. The molecule has 0 bridgehead atoms. The average molecular weight is 368 g/mol. The first-order chi connectivity index (χ1) is 11.3. The van der Waals surface area contributed by atoms with Crippen LogP contribution in [0.4, 0.5) is 5.69 Å². The number of aryl methyl sites for hydroxylation is 1. The second-order valence-electron chi connectivity index (χ2n) is 6.43. The molecule has 0 atom stereocenters. The molecule has 4 nitrogen and oxygen atoms in total. The number of anilines is 1. The number of rotatable bonds is 6. The van der Waals surface area contributed by atoms with E-state index in [1.54, 1.807) is 18.2 Å². The Morgan fingerprint density at radius 1 is 1.21 bits per heavy atom. The van der Waals surface area contributed by atoms with Crippen molar-refractivity contribution in [3.8, 4) is 0 Å². The molecule has 0 unspecified atom stereocenters. The van der Waals surface area contributed by atoms with Crippen LogP contribution in [0.2, 0.25) is 10.0 Å². The highest BCUT2D eigenvalue weighted by Crippen LogP contribution is 2.23. The number of halogens is 2. The lowest BCUT2D eigenvalue weighted by Gasteiger charge is -2.09. The summed E-state index contributed by atoms with van der Waals surface area (Å²) in [5.74, 6) is 0.468. The Bertz CT molecular complexity index is 718. The normalized spacial score (nSPS) is 11.1. The molecular weight excluding hydrogens is 345 g/mol. The first-order valence-corrected chi connectivity index (χ1v) is 8.80. The predicted molar refractivity (Wildman–Crippen MR) is 100.0 cm³/mol. The van der Waals surface area contributed by atoms with Gasteiger partial charge in [-0.2, -0.15) is 5.10 Å². The van der Waals surface area contributed by atoms with Crippen molar-refractivity contribution in [2.75, 3.05) is 5.32 Å². The van der Waals surface area contributed by atoms with Gasteiger partial charge in [-0.05, 0) is 49.9 Å². The van der Waals surface area contributed by atoms with Gasteiger partial charge < -0.3 is 5.32 Å². The fourth-order valence-corrected chi connectivity index (χ4v) is 3.23. The number of hydrogen-bond acceptors (Lipinski definition) is 2. The lowest BCUT2D eigenvalue weighted by Crippen LogP contribution is -2.13. The molecule has 0 aliphatic heterocycles. The number of nitrogens with one attached hydrogen (secondary N) is 1. The summed E-state index contributed by atoms with van der Waals surface area (Å²) in [6, 6.07) is 5.00. The van der Waals surface area contributed by atoms with E-state index in [1.807, 2.05) is 11.6 Å². The molecule has 0 aliphatic carbocycles.